The van der Waals surface area contributed by atoms with Gasteiger partial charge in [-0.05, 0) is 37.3 Å². The number of carbonyl (C=O) groups is 1. The number of Topliss-reactive ketones (excluding diaryl/α,β-unsaturated/α-hetero) is 1. The summed E-state index contributed by atoms with van der Waals surface area (Å²) in [6.07, 6.45) is 1.89. The molecule has 0 saturated carbocycles. The average Bonchev–Trinajstić information content (AvgIpc) is 3.42. The number of aromatic amines is 1. The van der Waals surface area contributed by atoms with E-state index in [1.807, 2.05) is 72.3 Å². The van der Waals surface area contributed by atoms with E-state index in [2.05, 4.69) is 21.8 Å². The number of nitriles is 1. The highest BCUT2D eigenvalue weighted by molar-refractivity contribution is 7.99. The number of hydrogen-bond donors (Lipinski definition) is 2. The van der Waals surface area contributed by atoms with Gasteiger partial charge in [0.25, 0.3) is 0 Å². The van der Waals surface area contributed by atoms with E-state index >= 15 is 0 Å². The van der Waals surface area contributed by atoms with Gasteiger partial charge in [0, 0.05) is 34.0 Å². The lowest BCUT2D eigenvalue weighted by molar-refractivity contribution is -0.117. The Hall–Kier alpha value is -4.03. The second-order valence-electron chi connectivity index (χ2n) is 7.21. The largest absolute Gasteiger partial charge is 0.494 e. The van der Waals surface area contributed by atoms with Crippen LogP contribution < -0.4 is 10.5 Å². The molecule has 2 aromatic carbocycles. The summed E-state index contributed by atoms with van der Waals surface area (Å²) in [5, 5.41) is 19.6. The number of para-hydroxylation sites is 1. The van der Waals surface area contributed by atoms with Crippen LogP contribution in [0.15, 0.2) is 72.2 Å². The molecule has 0 aliphatic rings. The highest BCUT2D eigenvalue weighted by Gasteiger charge is 2.23. The van der Waals surface area contributed by atoms with E-state index < -0.39 is 5.92 Å². The first kappa shape index (κ1) is 22.2. The summed E-state index contributed by atoms with van der Waals surface area (Å²) >= 11 is 1.20. The number of nitrogens with one attached hydrogen (secondary N) is 1. The summed E-state index contributed by atoms with van der Waals surface area (Å²) in [5.74, 6) is 0.0203. The number of H-pyrrole nitrogens is 1. The zero-order chi connectivity index (χ0) is 23.4. The van der Waals surface area contributed by atoms with Crippen LogP contribution in [0.4, 0.5) is 0 Å². The van der Waals surface area contributed by atoms with Gasteiger partial charge in [0.15, 0.2) is 16.8 Å². The van der Waals surface area contributed by atoms with Gasteiger partial charge >= 0.3 is 0 Å². The molecule has 2 aromatic heterocycles. The number of carbonyl (C=O) groups excluding carboxylic acids is 1. The number of benzene rings is 2. The molecule has 166 valence electrons. The number of ketones is 1. The summed E-state index contributed by atoms with van der Waals surface area (Å²) in [4.78, 5) is 15.8. The predicted octanol–water partition coefficient (Wildman–Crippen LogP) is 4.09. The van der Waals surface area contributed by atoms with Crippen molar-refractivity contribution >= 4 is 28.4 Å². The van der Waals surface area contributed by atoms with Crippen LogP contribution in [0.1, 0.15) is 6.92 Å². The molecule has 0 radical (unpaired) electrons. The van der Waals surface area contributed by atoms with E-state index in [0.717, 1.165) is 27.9 Å². The highest BCUT2D eigenvalue weighted by Crippen LogP contribution is 2.33. The Labute approximate surface area is 195 Å². The first-order chi connectivity index (χ1) is 16.0. The molecule has 8 nitrogen and oxygen atoms in total. The molecule has 0 spiro atoms. The molecule has 0 saturated heterocycles. The number of thioether (sulfide) groups is 1. The highest BCUT2D eigenvalue weighted by atomic mass is 32.2. The number of fused-ring (bicyclic) bond motifs is 1. The topological polar surface area (TPSA) is 123 Å². The van der Waals surface area contributed by atoms with Crippen molar-refractivity contribution < 1.29 is 9.53 Å². The maximum Gasteiger partial charge on any atom is 0.196 e. The Kier molecular flexibility index (Phi) is 6.47. The number of nitrogens with zero attached hydrogens (tertiary/aromatic N) is 4. The smallest absolute Gasteiger partial charge is 0.196 e. The van der Waals surface area contributed by atoms with Crippen LogP contribution >= 0.6 is 11.8 Å². The fraction of sp³-hybridized carbons (Fsp3) is 0.167. The Bertz CT molecular complexity index is 1350. The summed E-state index contributed by atoms with van der Waals surface area (Å²) in [7, 11) is 0. The summed E-state index contributed by atoms with van der Waals surface area (Å²) in [6.45, 7) is 6.04. The van der Waals surface area contributed by atoms with Gasteiger partial charge in [-0.3, -0.25) is 9.36 Å². The number of allylic oxidation sites excluding steroid dienone is 1. The van der Waals surface area contributed by atoms with Gasteiger partial charge in [-0.25, -0.2) is 0 Å². The van der Waals surface area contributed by atoms with Gasteiger partial charge in [0.05, 0.1) is 18.4 Å². The van der Waals surface area contributed by atoms with E-state index in [-0.39, 0.29) is 17.2 Å². The summed E-state index contributed by atoms with van der Waals surface area (Å²) in [6, 6.07) is 17.4. The van der Waals surface area contributed by atoms with Crippen molar-refractivity contribution in [3.8, 4) is 28.9 Å². The number of hydrogen-bond acceptors (Lipinski definition) is 7. The molecule has 0 amide bonds. The molecular formula is C24H22N6O2S. The van der Waals surface area contributed by atoms with Crippen LogP contribution in [-0.2, 0) is 4.79 Å². The van der Waals surface area contributed by atoms with E-state index in [9.17, 15) is 10.1 Å². The van der Waals surface area contributed by atoms with Crippen molar-refractivity contribution in [1.82, 2.24) is 19.7 Å². The molecule has 3 N–H and O–H groups in total. The van der Waals surface area contributed by atoms with Gasteiger partial charge in [0.1, 0.15) is 11.7 Å². The average molecular weight is 459 g/mol. The zero-order valence-electron chi connectivity index (χ0n) is 18.0. The lowest BCUT2D eigenvalue weighted by Gasteiger charge is -2.12. The van der Waals surface area contributed by atoms with Gasteiger partial charge in [-0.1, -0.05) is 36.5 Å². The van der Waals surface area contributed by atoms with Crippen LogP contribution in [0.2, 0.25) is 0 Å². The quantitative estimate of drug-likeness (QED) is 0.362. The van der Waals surface area contributed by atoms with Crippen LogP contribution in [0.5, 0.6) is 5.75 Å². The third kappa shape index (κ3) is 4.47. The number of nitrogens with two attached hydrogens (primary N) is 1. The van der Waals surface area contributed by atoms with Crippen molar-refractivity contribution in [2.75, 3.05) is 12.4 Å². The molecule has 1 atom stereocenters. The second-order valence-corrected chi connectivity index (χ2v) is 8.15. The minimum Gasteiger partial charge on any atom is -0.494 e. The molecule has 0 unspecified atom stereocenters. The van der Waals surface area contributed by atoms with E-state index in [0.29, 0.717) is 17.6 Å². The normalized spacial score (nSPS) is 11.8. The van der Waals surface area contributed by atoms with E-state index in [1.54, 1.807) is 0 Å². The lowest BCUT2D eigenvalue weighted by atomic mass is 10.1. The zero-order valence-corrected chi connectivity index (χ0v) is 18.8. The SMILES string of the molecule is C=C(N)[C@H](C#N)C(=O)CSc1nnc(-c2c[nH]c3ccccc23)n1-c1ccc(OCC)cc1. The van der Waals surface area contributed by atoms with Crippen molar-refractivity contribution in [3.63, 3.8) is 0 Å². The van der Waals surface area contributed by atoms with E-state index in [1.165, 1.54) is 11.8 Å². The van der Waals surface area contributed by atoms with Gasteiger partial charge in [-0.2, -0.15) is 5.26 Å². The molecule has 0 aliphatic heterocycles. The lowest BCUT2D eigenvalue weighted by Crippen LogP contribution is -2.21. The first-order valence-corrected chi connectivity index (χ1v) is 11.3. The molecule has 0 fully saturated rings. The molecule has 0 aliphatic carbocycles. The molecule has 4 aromatic rings. The van der Waals surface area contributed by atoms with Crippen molar-refractivity contribution in [2.24, 2.45) is 11.7 Å². The molecule has 9 heteroatoms. The molecule has 2 heterocycles. The molecular weight excluding hydrogens is 436 g/mol. The van der Waals surface area contributed by atoms with Crippen LogP contribution in [0.3, 0.4) is 0 Å². The fourth-order valence-corrected chi connectivity index (χ4v) is 4.32. The fourth-order valence-electron chi connectivity index (χ4n) is 3.47. The van der Waals surface area contributed by atoms with Crippen LogP contribution in [-0.4, -0.2) is 37.9 Å². The Balaban J connectivity index is 1.75. The maximum atomic E-state index is 12.5. The Morgan fingerprint density at radius 2 is 2.03 bits per heavy atom. The second kappa shape index (κ2) is 9.63. The number of rotatable bonds is 9. The Morgan fingerprint density at radius 1 is 1.27 bits per heavy atom. The van der Waals surface area contributed by atoms with Gasteiger partial charge in [0.2, 0.25) is 0 Å². The molecule has 33 heavy (non-hydrogen) atoms. The van der Waals surface area contributed by atoms with Gasteiger partial charge < -0.3 is 15.5 Å². The van der Waals surface area contributed by atoms with Crippen molar-refractivity contribution in [3.05, 3.63) is 67.0 Å². The minimum absolute atomic E-state index is 0.0114. The third-order valence-corrected chi connectivity index (χ3v) is 5.99. The molecule has 0 bridgehead atoms. The van der Waals surface area contributed by atoms with Gasteiger partial charge in [-0.15, -0.1) is 10.2 Å². The van der Waals surface area contributed by atoms with Crippen molar-refractivity contribution in [2.45, 2.75) is 12.1 Å². The van der Waals surface area contributed by atoms with Crippen LogP contribution in [0, 0.1) is 17.2 Å². The van der Waals surface area contributed by atoms with E-state index in [4.69, 9.17) is 10.5 Å². The maximum absolute atomic E-state index is 12.5. The summed E-state index contributed by atoms with van der Waals surface area (Å²) < 4.78 is 7.45. The first-order valence-electron chi connectivity index (χ1n) is 10.3. The minimum atomic E-state index is -1.05. The van der Waals surface area contributed by atoms with Crippen molar-refractivity contribution in [1.29, 1.82) is 5.26 Å². The number of aromatic nitrogens is 4. The summed E-state index contributed by atoms with van der Waals surface area (Å²) in [5.41, 5.74) is 8.33. The number of ether oxygens (including phenoxy) is 1. The predicted molar refractivity (Wildman–Crippen MR) is 128 cm³/mol. The van der Waals surface area contributed by atoms with Crippen LogP contribution in [0.25, 0.3) is 28.0 Å². The standard InChI is InChI=1S/C24H22N6O2S/c1-3-32-17-10-8-16(9-11-17)30-23(20-13-27-21-7-5-4-6-18(20)21)28-29-24(30)33-14-22(31)19(12-25)15(2)26/h4-11,13,19,27H,2-3,14,26H2,1H3/t19-/m0/s1. The Morgan fingerprint density at radius 3 is 2.73 bits per heavy atom. The third-order valence-electron chi connectivity index (χ3n) is 5.03. The molecule has 4 rings (SSSR count). The monoisotopic (exact) mass is 458 g/mol.